The number of hydrogen-bond acceptors (Lipinski definition) is 3. The van der Waals surface area contributed by atoms with E-state index in [9.17, 15) is 18.0 Å². The number of benzene rings is 1. The number of hydrogen-bond donors (Lipinski definition) is 0. The standard InChI is InChI=1S/C20H23F3N2OS/c1-13(2)25(17-5-3-4-6-17)18(26)11-16-12-27-19(24-16)14-7-9-15(10-8-14)20(21,22)23/h7-10,12-13,17H,3-6,11H2,1-2H3. The average Bonchev–Trinajstić information content (AvgIpc) is 3.26. The normalized spacial score (nSPS) is 15.5. The van der Waals surface area contributed by atoms with Crippen molar-refractivity contribution in [3.8, 4) is 10.6 Å². The van der Waals surface area contributed by atoms with Crippen LogP contribution >= 0.6 is 11.3 Å². The van der Waals surface area contributed by atoms with Gasteiger partial charge in [-0.1, -0.05) is 25.0 Å². The van der Waals surface area contributed by atoms with Gasteiger partial charge < -0.3 is 4.90 Å². The smallest absolute Gasteiger partial charge is 0.337 e. The lowest BCUT2D eigenvalue weighted by Gasteiger charge is -2.32. The van der Waals surface area contributed by atoms with Gasteiger partial charge in [-0.15, -0.1) is 11.3 Å². The summed E-state index contributed by atoms with van der Waals surface area (Å²) in [7, 11) is 0. The zero-order valence-electron chi connectivity index (χ0n) is 15.4. The summed E-state index contributed by atoms with van der Waals surface area (Å²) in [6.45, 7) is 4.07. The predicted molar refractivity (Wildman–Crippen MR) is 100 cm³/mol. The van der Waals surface area contributed by atoms with Crippen LogP contribution in [0.3, 0.4) is 0 Å². The predicted octanol–water partition coefficient (Wildman–Crippen LogP) is 5.55. The van der Waals surface area contributed by atoms with Crippen LogP contribution in [0.5, 0.6) is 0 Å². The van der Waals surface area contributed by atoms with Gasteiger partial charge in [0.2, 0.25) is 5.91 Å². The zero-order chi connectivity index (χ0) is 19.6. The lowest BCUT2D eigenvalue weighted by atomic mass is 10.1. The van der Waals surface area contributed by atoms with Crippen molar-refractivity contribution in [2.75, 3.05) is 0 Å². The molecule has 1 fully saturated rings. The Morgan fingerprint density at radius 1 is 1.22 bits per heavy atom. The number of carbonyl (C=O) groups is 1. The molecule has 1 amide bonds. The van der Waals surface area contributed by atoms with Crippen LogP contribution in [0.4, 0.5) is 13.2 Å². The highest BCUT2D eigenvalue weighted by Crippen LogP contribution is 2.32. The summed E-state index contributed by atoms with van der Waals surface area (Å²) in [4.78, 5) is 19.3. The molecule has 0 aliphatic heterocycles. The molecule has 0 bridgehead atoms. The molecular formula is C20H23F3N2OS. The van der Waals surface area contributed by atoms with Gasteiger partial charge in [0.1, 0.15) is 5.01 Å². The van der Waals surface area contributed by atoms with E-state index in [1.807, 2.05) is 24.1 Å². The fourth-order valence-electron chi connectivity index (χ4n) is 3.66. The van der Waals surface area contributed by atoms with E-state index >= 15 is 0 Å². The van der Waals surface area contributed by atoms with Gasteiger partial charge in [0.05, 0.1) is 17.7 Å². The lowest BCUT2D eigenvalue weighted by molar-refractivity contribution is -0.137. The third kappa shape index (κ3) is 4.69. The molecule has 146 valence electrons. The van der Waals surface area contributed by atoms with E-state index in [1.54, 1.807) is 0 Å². The van der Waals surface area contributed by atoms with Crippen molar-refractivity contribution in [2.24, 2.45) is 0 Å². The first-order valence-electron chi connectivity index (χ1n) is 9.19. The number of rotatable bonds is 5. The molecule has 27 heavy (non-hydrogen) atoms. The number of carbonyl (C=O) groups excluding carboxylic acids is 1. The second-order valence-corrected chi connectivity index (χ2v) is 8.09. The molecule has 1 saturated carbocycles. The number of amides is 1. The van der Waals surface area contributed by atoms with E-state index in [4.69, 9.17) is 0 Å². The first-order chi connectivity index (χ1) is 12.8. The van der Waals surface area contributed by atoms with Gasteiger partial charge in [0.15, 0.2) is 0 Å². The van der Waals surface area contributed by atoms with Gasteiger partial charge in [-0.2, -0.15) is 13.2 Å². The molecule has 7 heteroatoms. The van der Waals surface area contributed by atoms with Crippen molar-refractivity contribution in [1.29, 1.82) is 0 Å². The van der Waals surface area contributed by atoms with Crippen molar-refractivity contribution in [3.63, 3.8) is 0 Å². The summed E-state index contributed by atoms with van der Waals surface area (Å²) in [6.07, 6.45) is 0.312. The van der Waals surface area contributed by atoms with Gasteiger partial charge in [-0.3, -0.25) is 4.79 Å². The van der Waals surface area contributed by atoms with Crippen LogP contribution < -0.4 is 0 Å². The first kappa shape index (κ1) is 19.9. The number of halogens is 3. The Morgan fingerprint density at radius 3 is 2.41 bits per heavy atom. The van der Waals surface area contributed by atoms with Gasteiger partial charge in [0, 0.05) is 23.0 Å². The fraction of sp³-hybridized carbons (Fsp3) is 0.500. The van der Waals surface area contributed by atoms with Crippen LogP contribution in [-0.4, -0.2) is 27.9 Å². The summed E-state index contributed by atoms with van der Waals surface area (Å²) in [5.41, 5.74) is 0.620. The minimum atomic E-state index is -4.35. The molecule has 1 aliphatic rings. The quantitative estimate of drug-likeness (QED) is 0.664. The largest absolute Gasteiger partial charge is 0.416 e. The van der Waals surface area contributed by atoms with Crippen molar-refractivity contribution in [1.82, 2.24) is 9.88 Å². The summed E-state index contributed by atoms with van der Waals surface area (Å²) in [5.74, 6) is 0.0705. The van der Waals surface area contributed by atoms with Crippen molar-refractivity contribution in [3.05, 3.63) is 40.9 Å². The molecule has 1 aromatic heterocycles. The van der Waals surface area contributed by atoms with E-state index in [2.05, 4.69) is 4.98 Å². The zero-order valence-corrected chi connectivity index (χ0v) is 16.2. The molecule has 3 nitrogen and oxygen atoms in total. The van der Waals surface area contributed by atoms with Crippen LogP contribution in [0.15, 0.2) is 29.6 Å². The Balaban J connectivity index is 1.70. The van der Waals surface area contributed by atoms with E-state index in [0.717, 1.165) is 37.8 Å². The van der Waals surface area contributed by atoms with Crippen molar-refractivity contribution in [2.45, 2.75) is 64.2 Å². The SMILES string of the molecule is CC(C)N(C(=O)Cc1csc(-c2ccc(C(F)(F)F)cc2)n1)C1CCCC1. The minimum Gasteiger partial charge on any atom is -0.337 e. The van der Waals surface area contributed by atoms with Gasteiger partial charge >= 0.3 is 6.18 Å². The topological polar surface area (TPSA) is 33.2 Å². The summed E-state index contributed by atoms with van der Waals surface area (Å²) in [5, 5.41) is 2.45. The lowest BCUT2D eigenvalue weighted by Crippen LogP contribution is -2.44. The van der Waals surface area contributed by atoms with Crippen LogP contribution in [0.25, 0.3) is 10.6 Å². The van der Waals surface area contributed by atoms with Gasteiger partial charge in [-0.25, -0.2) is 4.98 Å². The summed E-state index contributed by atoms with van der Waals surface area (Å²) >= 11 is 1.35. The van der Waals surface area contributed by atoms with E-state index in [0.29, 0.717) is 22.3 Å². The van der Waals surface area contributed by atoms with E-state index in [-0.39, 0.29) is 18.4 Å². The first-order valence-corrected chi connectivity index (χ1v) is 10.1. The highest BCUT2D eigenvalue weighted by atomic mass is 32.1. The van der Waals surface area contributed by atoms with E-state index < -0.39 is 11.7 Å². The van der Waals surface area contributed by atoms with Gasteiger partial charge in [-0.05, 0) is 38.8 Å². The van der Waals surface area contributed by atoms with Crippen LogP contribution in [0.2, 0.25) is 0 Å². The second-order valence-electron chi connectivity index (χ2n) is 7.23. The molecule has 0 N–H and O–H groups in total. The molecule has 0 atom stereocenters. The third-order valence-corrected chi connectivity index (χ3v) is 5.85. The maximum atomic E-state index is 12.8. The molecule has 2 aromatic rings. The Bertz CT molecular complexity index is 777. The third-order valence-electron chi connectivity index (χ3n) is 4.91. The molecule has 0 spiro atoms. The number of alkyl halides is 3. The molecule has 0 radical (unpaired) electrons. The monoisotopic (exact) mass is 396 g/mol. The molecule has 1 heterocycles. The number of aromatic nitrogens is 1. The average molecular weight is 396 g/mol. The molecule has 1 aliphatic carbocycles. The Labute approximate surface area is 161 Å². The van der Waals surface area contributed by atoms with Crippen molar-refractivity contribution < 1.29 is 18.0 Å². The highest BCUT2D eigenvalue weighted by molar-refractivity contribution is 7.13. The van der Waals surface area contributed by atoms with Crippen LogP contribution in [-0.2, 0) is 17.4 Å². The second kappa shape index (κ2) is 8.00. The van der Waals surface area contributed by atoms with Gasteiger partial charge in [0.25, 0.3) is 0 Å². The number of nitrogens with zero attached hydrogens (tertiary/aromatic N) is 2. The maximum absolute atomic E-state index is 12.8. The summed E-state index contributed by atoms with van der Waals surface area (Å²) in [6, 6.07) is 5.42. The molecule has 1 aromatic carbocycles. The number of thiazole rings is 1. The molecule has 0 saturated heterocycles. The highest BCUT2D eigenvalue weighted by Gasteiger charge is 2.30. The molecular weight excluding hydrogens is 373 g/mol. The Kier molecular flexibility index (Phi) is 5.89. The fourth-order valence-corrected chi connectivity index (χ4v) is 4.49. The van der Waals surface area contributed by atoms with E-state index in [1.165, 1.54) is 23.5 Å². The Hall–Kier alpha value is -1.89. The molecule has 0 unspecified atom stereocenters. The van der Waals surface area contributed by atoms with Crippen molar-refractivity contribution >= 4 is 17.2 Å². The summed E-state index contributed by atoms with van der Waals surface area (Å²) < 4.78 is 38.0. The molecule has 3 rings (SSSR count). The Morgan fingerprint density at radius 2 is 1.85 bits per heavy atom. The van der Waals surface area contributed by atoms with Crippen LogP contribution in [0.1, 0.15) is 50.8 Å². The minimum absolute atomic E-state index is 0.0705. The van der Waals surface area contributed by atoms with Crippen LogP contribution in [0, 0.1) is 0 Å². The maximum Gasteiger partial charge on any atom is 0.416 e.